The summed E-state index contributed by atoms with van der Waals surface area (Å²) in [6.45, 7) is 7.60. The Hall–Kier alpha value is -2.57. The number of hydrogen-bond donors (Lipinski definition) is 6. The molecule has 10 nitrogen and oxygen atoms in total. The molecule has 0 amide bonds. The second-order valence-corrected chi connectivity index (χ2v) is 7.13. The van der Waals surface area contributed by atoms with Crippen molar-refractivity contribution in [2.24, 2.45) is 0 Å². The number of likely N-dealkylation sites (N-methyl/N-ethyl adjacent to an activating group) is 2. The maximum absolute atomic E-state index is 8.82. The lowest BCUT2D eigenvalue weighted by Crippen LogP contribution is -2.25. The average molecular weight is 459 g/mol. The van der Waals surface area contributed by atoms with E-state index in [1.807, 2.05) is 48.5 Å². The van der Waals surface area contributed by atoms with E-state index in [1.54, 1.807) is 0 Å². The van der Waals surface area contributed by atoms with E-state index in [9.17, 15) is 0 Å². The third-order valence-corrected chi connectivity index (χ3v) is 4.02. The third-order valence-electron chi connectivity index (χ3n) is 4.02. The van der Waals surface area contributed by atoms with Crippen molar-refractivity contribution >= 4 is 33.1 Å². The second kappa shape index (κ2) is 15.3. The molecule has 0 saturated heterocycles. The number of aliphatic hydroxyl groups is 2. The van der Waals surface area contributed by atoms with E-state index in [-0.39, 0.29) is 13.2 Å². The van der Waals surface area contributed by atoms with Crippen molar-refractivity contribution in [2.45, 2.75) is 13.8 Å². The van der Waals surface area contributed by atoms with Crippen LogP contribution in [0, 0.1) is 0 Å². The molecule has 0 radical (unpaired) electrons. The summed E-state index contributed by atoms with van der Waals surface area (Å²) in [6, 6.07) is 15.3. The monoisotopic (exact) mass is 458 g/mol. The maximum Gasteiger partial charge on any atom is 0.394 e. The second-order valence-electron chi connectivity index (χ2n) is 6.24. The summed E-state index contributed by atoms with van der Waals surface area (Å²) in [5, 5.41) is 17.6. The fraction of sp³-hybridized carbons (Fsp3) is 0.400. The number of aliphatic hydroxyl groups excluding tert-OH is 2. The summed E-state index contributed by atoms with van der Waals surface area (Å²) in [6.07, 6.45) is 0. The predicted molar refractivity (Wildman–Crippen MR) is 126 cm³/mol. The molecular formula is C20H34N4O6S. The number of anilines is 4. The first-order valence-corrected chi connectivity index (χ1v) is 11.1. The fourth-order valence-corrected chi connectivity index (χ4v) is 2.55. The number of nitrogens with two attached hydrogens (primary N) is 2. The van der Waals surface area contributed by atoms with Crippen LogP contribution in [0.1, 0.15) is 13.8 Å². The Labute approximate surface area is 184 Å². The van der Waals surface area contributed by atoms with E-state index >= 15 is 0 Å². The van der Waals surface area contributed by atoms with E-state index in [4.69, 9.17) is 39.2 Å². The van der Waals surface area contributed by atoms with Crippen LogP contribution in [0.5, 0.6) is 0 Å². The Bertz CT molecular complexity index is 753. The highest BCUT2D eigenvalue weighted by molar-refractivity contribution is 7.79. The lowest BCUT2D eigenvalue weighted by atomic mass is 10.2. The lowest BCUT2D eigenvalue weighted by Gasteiger charge is -2.21. The average Bonchev–Trinajstić information content (AvgIpc) is 2.71. The van der Waals surface area contributed by atoms with Gasteiger partial charge < -0.3 is 31.5 Å². The zero-order valence-electron chi connectivity index (χ0n) is 17.9. The van der Waals surface area contributed by atoms with Crippen LogP contribution in [0.25, 0.3) is 0 Å². The van der Waals surface area contributed by atoms with Crippen molar-refractivity contribution in [3.05, 3.63) is 48.5 Å². The van der Waals surface area contributed by atoms with Crippen LogP contribution in [0.2, 0.25) is 0 Å². The molecule has 31 heavy (non-hydrogen) atoms. The van der Waals surface area contributed by atoms with Gasteiger partial charge in [0.2, 0.25) is 0 Å². The van der Waals surface area contributed by atoms with Gasteiger partial charge in [0.15, 0.2) is 0 Å². The molecule has 0 saturated carbocycles. The number of rotatable bonds is 8. The van der Waals surface area contributed by atoms with Crippen molar-refractivity contribution in [1.82, 2.24) is 0 Å². The Balaban J connectivity index is 0.000000479. The topological polar surface area (TPSA) is 174 Å². The quantitative estimate of drug-likeness (QED) is 0.251. The molecule has 2 aromatic rings. The van der Waals surface area contributed by atoms with Gasteiger partial charge in [-0.25, -0.2) is 0 Å². The van der Waals surface area contributed by atoms with Crippen LogP contribution in [0.15, 0.2) is 48.5 Å². The molecule has 8 N–H and O–H groups in total. The summed E-state index contributed by atoms with van der Waals surface area (Å²) in [7, 11) is -4.67. The van der Waals surface area contributed by atoms with Gasteiger partial charge in [0.05, 0.1) is 13.2 Å². The van der Waals surface area contributed by atoms with Crippen LogP contribution in [-0.2, 0) is 10.4 Å². The van der Waals surface area contributed by atoms with Crippen LogP contribution < -0.4 is 21.3 Å². The minimum absolute atomic E-state index is 0.179. The highest BCUT2D eigenvalue weighted by Gasteiger charge is 2.02. The van der Waals surface area contributed by atoms with Crippen LogP contribution in [0.4, 0.5) is 22.7 Å². The molecule has 2 aromatic carbocycles. The summed E-state index contributed by atoms with van der Waals surface area (Å²) >= 11 is 0. The van der Waals surface area contributed by atoms with Gasteiger partial charge in [-0.3, -0.25) is 9.11 Å². The summed E-state index contributed by atoms with van der Waals surface area (Å²) < 4.78 is 31.6. The molecule has 0 bridgehead atoms. The summed E-state index contributed by atoms with van der Waals surface area (Å²) in [5.74, 6) is 0. The molecule has 0 aliphatic heterocycles. The van der Waals surface area contributed by atoms with Gasteiger partial charge in [-0.1, -0.05) is 0 Å². The van der Waals surface area contributed by atoms with Crippen molar-refractivity contribution in [2.75, 3.05) is 60.7 Å². The Morgan fingerprint density at radius 1 is 0.710 bits per heavy atom. The van der Waals surface area contributed by atoms with E-state index in [0.29, 0.717) is 13.1 Å². The van der Waals surface area contributed by atoms with Gasteiger partial charge in [0, 0.05) is 48.9 Å². The molecule has 0 heterocycles. The summed E-state index contributed by atoms with van der Waals surface area (Å²) in [5.41, 5.74) is 14.9. The van der Waals surface area contributed by atoms with Gasteiger partial charge >= 0.3 is 10.4 Å². The van der Waals surface area contributed by atoms with Crippen molar-refractivity contribution in [1.29, 1.82) is 0 Å². The van der Waals surface area contributed by atoms with E-state index in [1.165, 1.54) is 0 Å². The fourth-order valence-electron chi connectivity index (χ4n) is 2.55. The van der Waals surface area contributed by atoms with Crippen molar-refractivity contribution < 1.29 is 27.7 Å². The number of hydrogen-bond acceptors (Lipinski definition) is 8. The van der Waals surface area contributed by atoms with E-state index < -0.39 is 10.4 Å². The highest BCUT2D eigenvalue weighted by atomic mass is 32.3. The maximum atomic E-state index is 8.82. The molecule has 0 aliphatic carbocycles. The van der Waals surface area contributed by atoms with Crippen LogP contribution in [0.3, 0.4) is 0 Å². The van der Waals surface area contributed by atoms with E-state index in [0.717, 1.165) is 35.8 Å². The van der Waals surface area contributed by atoms with Crippen molar-refractivity contribution in [3.63, 3.8) is 0 Å². The standard InChI is InChI=1S/2C10H16N2O.H2O4S/c2*1-2-12(7-8-13)10-5-3-9(11)4-6-10;1-5(2,3)4/h2*3-6,13H,2,7-8,11H2,1H3;(H2,1,2,3,4). The summed E-state index contributed by atoms with van der Waals surface area (Å²) in [4.78, 5) is 4.19. The number of benzene rings is 2. The molecule has 0 spiro atoms. The van der Waals surface area contributed by atoms with Crippen molar-refractivity contribution in [3.8, 4) is 0 Å². The first-order valence-electron chi connectivity index (χ1n) is 9.68. The SMILES string of the molecule is CCN(CCO)c1ccc(N)cc1.CCN(CCO)c1ccc(N)cc1.O=S(=O)(O)O. The predicted octanol–water partition coefficient (Wildman–Crippen LogP) is 1.52. The molecule has 0 aromatic heterocycles. The Morgan fingerprint density at radius 2 is 0.968 bits per heavy atom. The number of nitrogens with zero attached hydrogens (tertiary/aromatic N) is 2. The van der Waals surface area contributed by atoms with Gasteiger partial charge in [-0.2, -0.15) is 8.42 Å². The van der Waals surface area contributed by atoms with Gasteiger partial charge in [-0.05, 0) is 62.4 Å². The zero-order valence-corrected chi connectivity index (χ0v) is 18.7. The molecule has 0 fully saturated rings. The van der Waals surface area contributed by atoms with Gasteiger partial charge in [0.25, 0.3) is 0 Å². The minimum Gasteiger partial charge on any atom is -0.399 e. The van der Waals surface area contributed by atoms with Gasteiger partial charge in [0.1, 0.15) is 0 Å². The first kappa shape index (κ1) is 28.4. The van der Waals surface area contributed by atoms with E-state index in [2.05, 4.69) is 23.6 Å². The molecule has 11 heteroatoms. The Morgan fingerprint density at radius 3 is 1.16 bits per heavy atom. The Kier molecular flexibility index (Phi) is 14.0. The zero-order chi connectivity index (χ0) is 23.9. The number of nitrogen functional groups attached to an aromatic ring is 2. The molecule has 0 unspecified atom stereocenters. The normalized spacial score (nSPS) is 10.3. The molecule has 2 rings (SSSR count). The highest BCUT2D eigenvalue weighted by Crippen LogP contribution is 2.16. The largest absolute Gasteiger partial charge is 0.399 e. The van der Waals surface area contributed by atoms with Gasteiger partial charge in [-0.15, -0.1) is 0 Å². The smallest absolute Gasteiger partial charge is 0.394 e. The minimum atomic E-state index is -4.67. The lowest BCUT2D eigenvalue weighted by molar-refractivity contribution is 0.302. The molecular weight excluding hydrogens is 424 g/mol. The first-order chi connectivity index (χ1) is 14.5. The molecule has 0 atom stereocenters. The molecule has 0 aliphatic rings. The van der Waals surface area contributed by atoms with Crippen LogP contribution in [-0.4, -0.2) is 67.1 Å². The molecule has 176 valence electrons. The van der Waals surface area contributed by atoms with Crippen LogP contribution >= 0.6 is 0 Å². The third kappa shape index (κ3) is 14.1.